The second-order valence-electron chi connectivity index (χ2n) is 5.37. The quantitative estimate of drug-likeness (QED) is 0.850. The van der Waals surface area contributed by atoms with Gasteiger partial charge in [-0.25, -0.2) is 0 Å². The van der Waals surface area contributed by atoms with E-state index in [-0.39, 0.29) is 17.1 Å². The molecule has 1 aliphatic rings. The number of aryl methyl sites for hydroxylation is 1. The molecule has 0 saturated carbocycles. The Bertz CT molecular complexity index is 807. The zero-order chi connectivity index (χ0) is 16.6. The Morgan fingerprint density at radius 2 is 2.04 bits per heavy atom. The van der Waals surface area contributed by atoms with Gasteiger partial charge in [0, 0.05) is 21.2 Å². The van der Waals surface area contributed by atoms with Crippen molar-refractivity contribution in [3.63, 3.8) is 0 Å². The highest BCUT2D eigenvalue weighted by atomic mass is 35.5. The Kier molecular flexibility index (Phi) is 4.33. The summed E-state index contributed by atoms with van der Waals surface area (Å²) in [6.45, 7) is 3.74. The first-order valence-electron chi connectivity index (χ1n) is 7.13. The highest BCUT2D eigenvalue weighted by Gasteiger charge is 2.23. The third-order valence-electron chi connectivity index (χ3n) is 3.61. The number of carbonyl (C=O) groups is 2. The van der Waals surface area contributed by atoms with Crippen molar-refractivity contribution in [3.05, 3.63) is 52.5 Å². The van der Waals surface area contributed by atoms with Gasteiger partial charge in [-0.1, -0.05) is 11.6 Å². The van der Waals surface area contributed by atoms with Gasteiger partial charge in [-0.2, -0.15) is 0 Å². The van der Waals surface area contributed by atoms with Crippen molar-refractivity contribution >= 4 is 46.6 Å². The van der Waals surface area contributed by atoms with E-state index in [1.165, 1.54) is 11.8 Å². The number of anilines is 2. The van der Waals surface area contributed by atoms with Gasteiger partial charge in [0.15, 0.2) is 0 Å². The van der Waals surface area contributed by atoms with Gasteiger partial charge in [-0.05, 0) is 55.8 Å². The van der Waals surface area contributed by atoms with Crippen LogP contribution in [0.25, 0.3) is 0 Å². The van der Waals surface area contributed by atoms with Crippen LogP contribution in [0.4, 0.5) is 11.4 Å². The minimum absolute atomic E-state index is 0.0476. The lowest BCUT2D eigenvalue weighted by Gasteiger charge is -2.21. The smallest absolute Gasteiger partial charge is 0.255 e. The van der Waals surface area contributed by atoms with Gasteiger partial charge >= 0.3 is 0 Å². The molecule has 4 nitrogen and oxygen atoms in total. The zero-order valence-corrected chi connectivity index (χ0v) is 14.2. The number of hydrogen-bond acceptors (Lipinski definition) is 3. The molecule has 0 aromatic heterocycles. The van der Waals surface area contributed by atoms with Crippen LogP contribution in [0.5, 0.6) is 0 Å². The summed E-state index contributed by atoms with van der Waals surface area (Å²) in [7, 11) is 0. The van der Waals surface area contributed by atoms with Crippen molar-refractivity contribution in [1.82, 2.24) is 0 Å². The monoisotopic (exact) mass is 346 g/mol. The predicted molar refractivity (Wildman–Crippen MR) is 94.5 cm³/mol. The molecule has 2 aromatic carbocycles. The summed E-state index contributed by atoms with van der Waals surface area (Å²) in [5, 5.41) is 6.20. The van der Waals surface area contributed by atoms with E-state index in [4.69, 9.17) is 11.6 Å². The molecule has 2 N–H and O–H groups in total. The molecule has 0 bridgehead atoms. The Balaban J connectivity index is 1.83. The van der Waals surface area contributed by atoms with Crippen molar-refractivity contribution in [2.75, 3.05) is 10.6 Å². The van der Waals surface area contributed by atoms with E-state index in [9.17, 15) is 9.59 Å². The van der Waals surface area contributed by atoms with E-state index >= 15 is 0 Å². The molecule has 0 aliphatic carbocycles. The van der Waals surface area contributed by atoms with Gasteiger partial charge in [0.2, 0.25) is 5.91 Å². The van der Waals surface area contributed by atoms with Gasteiger partial charge in [0.25, 0.3) is 5.91 Å². The van der Waals surface area contributed by atoms with Crippen LogP contribution >= 0.6 is 23.4 Å². The molecule has 3 rings (SSSR count). The highest BCUT2D eigenvalue weighted by molar-refractivity contribution is 8.00. The molecule has 1 atom stereocenters. The Morgan fingerprint density at radius 1 is 1.26 bits per heavy atom. The third kappa shape index (κ3) is 3.35. The second kappa shape index (κ2) is 6.26. The number of carbonyl (C=O) groups excluding carboxylic acids is 2. The molecular weight excluding hydrogens is 332 g/mol. The van der Waals surface area contributed by atoms with E-state index in [2.05, 4.69) is 10.6 Å². The Labute approximate surface area is 143 Å². The predicted octanol–water partition coefficient (Wildman–Crippen LogP) is 4.33. The van der Waals surface area contributed by atoms with Crippen molar-refractivity contribution in [3.8, 4) is 0 Å². The summed E-state index contributed by atoms with van der Waals surface area (Å²) in [4.78, 5) is 25.1. The van der Waals surface area contributed by atoms with E-state index in [0.29, 0.717) is 22.0 Å². The molecule has 0 spiro atoms. The van der Waals surface area contributed by atoms with Gasteiger partial charge in [0.05, 0.1) is 10.9 Å². The van der Waals surface area contributed by atoms with Crippen LogP contribution in [0.3, 0.4) is 0 Å². The first-order valence-corrected chi connectivity index (χ1v) is 8.39. The maximum atomic E-state index is 12.4. The van der Waals surface area contributed by atoms with Gasteiger partial charge in [0.1, 0.15) is 0 Å². The second-order valence-corrected chi connectivity index (χ2v) is 7.19. The van der Waals surface area contributed by atoms with Crippen LogP contribution in [0.1, 0.15) is 22.8 Å². The number of nitrogens with one attached hydrogen (secondary N) is 2. The molecule has 23 heavy (non-hydrogen) atoms. The summed E-state index contributed by atoms with van der Waals surface area (Å²) in [5.41, 5.74) is 2.78. The number of fused-ring (bicyclic) bond motifs is 1. The molecule has 2 aromatic rings. The number of thioether (sulfide) groups is 1. The molecule has 1 aliphatic heterocycles. The fraction of sp³-hybridized carbons (Fsp3) is 0.176. The third-order valence-corrected chi connectivity index (χ3v) is 5.02. The minimum Gasteiger partial charge on any atom is -0.324 e. The minimum atomic E-state index is -0.226. The first-order chi connectivity index (χ1) is 10.9. The summed E-state index contributed by atoms with van der Waals surface area (Å²) in [6, 6.07) is 10.6. The molecular formula is C17H15ClN2O2S. The van der Waals surface area contributed by atoms with E-state index in [1.54, 1.807) is 30.3 Å². The largest absolute Gasteiger partial charge is 0.324 e. The van der Waals surface area contributed by atoms with Crippen LogP contribution in [0.15, 0.2) is 41.3 Å². The first kappa shape index (κ1) is 15.9. The molecule has 118 valence electrons. The Hall–Kier alpha value is -1.98. The summed E-state index contributed by atoms with van der Waals surface area (Å²) in [6.07, 6.45) is 0. The lowest BCUT2D eigenvalue weighted by molar-refractivity contribution is -0.115. The van der Waals surface area contributed by atoms with Crippen LogP contribution in [0.2, 0.25) is 5.02 Å². The van der Waals surface area contributed by atoms with Crippen molar-refractivity contribution < 1.29 is 9.59 Å². The van der Waals surface area contributed by atoms with Gasteiger partial charge < -0.3 is 10.6 Å². The molecule has 0 fully saturated rings. The van der Waals surface area contributed by atoms with E-state index in [1.807, 2.05) is 19.9 Å². The molecule has 1 unspecified atom stereocenters. The maximum Gasteiger partial charge on any atom is 0.255 e. The normalized spacial score (nSPS) is 16.5. The van der Waals surface area contributed by atoms with Crippen LogP contribution < -0.4 is 10.6 Å². The highest BCUT2D eigenvalue weighted by Crippen LogP contribution is 2.36. The Morgan fingerprint density at radius 3 is 2.78 bits per heavy atom. The van der Waals surface area contributed by atoms with Crippen LogP contribution in [-0.4, -0.2) is 17.1 Å². The van der Waals surface area contributed by atoms with Crippen LogP contribution in [-0.2, 0) is 4.79 Å². The maximum absolute atomic E-state index is 12.4. The molecule has 6 heteroatoms. The summed E-state index contributed by atoms with van der Waals surface area (Å²) in [5.74, 6) is -0.273. The lowest BCUT2D eigenvalue weighted by Crippen LogP contribution is -2.26. The van der Waals surface area contributed by atoms with Gasteiger partial charge in [-0.15, -0.1) is 11.8 Å². The number of amides is 2. The number of halogens is 1. The summed E-state index contributed by atoms with van der Waals surface area (Å²) < 4.78 is 0. The number of hydrogen-bond donors (Lipinski definition) is 2. The molecule has 0 saturated heterocycles. The molecule has 2 amide bonds. The van der Waals surface area contributed by atoms with Crippen molar-refractivity contribution in [2.24, 2.45) is 0 Å². The van der Waals surface area contributed by atoms with Gasteiger partial charge in [-0.3, -0.25) is 9.59 Å². The standard InChI is InChI=1S/C17H15ClN2O2S/c1-9-7-12(18)4-5-13(9)19-17(22)11-3-6-15-14(8-11)20-16(21)10(2)23-15/h3-8,10H,1-2H3,(H,19,22)(H,20,21). The molecule has 0 radical (unpaired) electrons. The lowest BCUT2D eigenvalue weighted by atomic mass is 10.1. The number of rotatable bonds is 2. The fourth-order valence-corrected chi connectivity index (χ4v) is 3.47. The fourth-order valence-electron chi connectivity index (χ4n) is 2.31. The SMILES string of the molecule is Cc1cc(Cl)ccc1NC(=O)c1ccc2c(c1)NC(=O)C(C)S2. The topological polar surface area (TPSA) is 58.2 Å². The zero-order valence-electron chi connectivity index (χ0n) is 12.6. The summed E-state index contributed by atoms with van der Waals surface area (Å²) >= 11 is 7.41. The van der Waals surface area contributed by atoms with E-state index in [0.717, 1.165) is 10.5 Å². The van der Waals surface area contributed by atoms with Crippen molar-refractivity contribution in [2.45, 2.75) is 24.0 Å². The van der Waals surface area contributed by atoms with Crippen molar-refractivity contribution in [1.29, 1.82) is 0 Å². The number of benzene rings is 2. The molecule has 1 heterocycles. The average molecular weight is 347 g/mol. The van der Waals surface area contributed by atoms with Crippen LogP contribution in [0, 0.1) is 6.92 Å². The average Bonchev–Trinajstić information content (AvgIpc) is 2.50. The van der Waals surface area contributed by atoms with E-state index < -0.39 is 0 Å².